The number of benzene rings is 1. The van der Waals surface area contributed by atoms with E-state index in [0.717, 1.165) is 5.39 Å². The van der Waals surface area contributed by atoms with Crippen LogP contribution in [-0.2, 0) is 4.74 Å². The summed E-state index contributed by atoms with van der Waals surface area (Å²) >= 11 is 0. The Morgan fingerprint density at radius 1 is 1.29 bits per heavy atom. The second-order valence-electron chi connectivity index (χ2n) is 4.28. The van der Waals surface area contributed by atoms with Gasteiger partial charge in [-0.25, -0.2) is 4.98 Å². The van der Waals surface area contributed by atoms with Crippen molar-refractivity contribution in [2.45, 2.75) is 6.18 Å². The second-order valence-corrected chi connectivity index (χ2v) is 4.28. The summed E-state index contributed by atoms with van der Waals surface area (Å²) in [6.07, 6.45) is -4.32. The molecule has 0 fully saturated rings. The number of hydrogen-bond acceptors (Lipinski definition) is 4. The predicted octanol–water partition coefficient (Wildman–Crippen LogP) is 3.10. The van der Waals surface area contributed by atoms with Crippen molar-refractivity contribution in [3.8, 4) is 6.07 Å². The standard InChI is InChI=1S/C14H12F3N3O/c15-14(16,17)9-21-6-5-19-13-7-10(8-18)11-3-1-2-4-12(11)20-13/h1-4,7H,5-6,9H2,(H,19,20). The second kappa shape index (κ2) is 6.41. The fourth-order valence-corrected chi connectivity index (χ4v) is 1.80. The molecule has 2 aromatic rings. The first kappa shape index (κ1) is 15.1. The Hall–Kier alpha value is -2.33. The summed E-state index contributed by atoms with van der Waals surface area (Å²) in [5.41, 5.74) is 1.11. The van der Waals surface area contributed by atoms with Crippen LogP contribution < -0.4 is 5.32 Å². The lowest BCUT2D eigenvalue weighted by Gasteiger charge is -2.10. The summed E-state index contributed by atoms with van der Waals surface area (Å²) in [7, 11) is 0. The number of nitriles is 1. The summed E-state index contributed by atoms with van der Waals surface area (Å²) < 4.78 is 40.1. The number of nitrogens with zero attached hydrogens (tertiary/aromatic N) is 2. The van der Waals surface area contributed by atoms with E-state index in [1.807, 2.05) is 6.07 Å². The number of rotatable bonds is 5. The molecule has 0 bridgehead atoms. The zero-order valence-corrected chi connectivity index (χ0v) is 10.9. The van der Waals surface area contributed by atoms with Crippen LogP contribution in [0.2, 0.25) is 0 Å². The fourth-order valence-electron chi connectivity index (χ4n) is 1.80. The number of alkyl halides is 3. The molecule has 1 N–H and O–H groups in total. The monoisotopic (exact) mass is 295 g/mol. The highest BCUT2D eigenvalue weighted by Gasteiger charge is 2.27. The van der Waals surface area contributed by atoms with Crippen LogP contribution in [-0.4, -0.2) is 30.9 Å². The van der Waals surface area contributed by atoms with Crippen molar-refractivity contribution in [2.24, 2.45) is 0 Å². The quantitative estimate of drug-likeness (QED) is 0.861. The summed E-state index contributed by atoms with van der Waals surface area (Å²) in [6, 6.07) is 10.8. The first-order valence-electron chi connectivity index (χ1n) is 6.18. The summed E-state index contributed by atoms with van der Waals surface area (Å²) in [5.74, 6) is 0.431. The van der Waals surface area contributed by atoms with Gasteiger partial charge >= 0.3 is 6.18 Å². The van der Waals surface area contributed by atoms with Gasteiger partial charge in [-0.05, 0) is 12.1 Å². The van der Waals surface area contributed by atoms with E-state index in [4.69, 9.17) is 5.26 Å². The van der Waals surface area contributed by atoms with E-state index < -0.39 is 12.8 Å². The average molecular weight is 295 g/mol. The molecule has 0 aliphatic heterocycles. The van der Waals surface area contributed by atoms with E-state index in [0.29, 0.717) is 16.9 Å². The molecule has 0 radical (unpaired) electrons. The molecule has 0 saturated heterocycles. The molecule has 0 atom stereocenters. The molecule has 0 spiro atoms. The molecule has 0 saturated carbocycles. The maximum absolute atomic E-state index is 11.9. The van der Waals surface area contributed by atoms with Crippen LogP contribution in [0.4, 0.5) is 19.0 Å². The van der Waals surface area contributed by atoms with E-state index in [9.17, 15) is 13.2 Å². The minimum absolute atomic E-state index is 0.101. The number of ether oxygens (including phenoxy) is 1. The predicted molar refractivity (Wildman–Crippen MR) is 71.8 cm³/mol. The number of anilines is 1. The lowest BCUT2D eigenvalue weighted by molar-refractivity contribution is -0.172. The van der Waals surface area contributed by atoms with Crippen LogP contribution in [0.1, 0.15) is 5.56 Å². The van der Waals surface area contributed by atoms with Crippen molar-refractivity contribution < 1.29 is 17.9 Å². The van der Waals surface area contributed by atoms with Gasteiger partial charge < -0.3 is 10.1 Å². The zero-order valence-electron chi connectivity index (χ0n) is 10.9. The van der Waals surface area contributed by atoms with Crippen molar-refractivity contribution in [3.05, 3.63) is 35.9 Å². The van der Waals surface area contributed by atoms with Gasteiger partial charge in [0.15, 0.2) is 0 Å². The first-order valence-corrected chi connectivity index (χ1v) is 6.18. The van der Waals surface area contributed by atoms with Crippen molar-refractivity contribution in [2.75, 3.05) is 25.1 Å². The van der Waals surface area contributed by atoms with Gasteiger partial charge in [0.05, 0.1) is 23.8 Å². The third-order valence-electron chi connectivity index (χ3n) is 2.65. The molecule has 110 valence electrons. The van der Waals surface area contributed by atoms with Gasteiger partial charge in [0, 0.05) is 11.9 Å². The molecule has 1 aromatic heterocycles. The Morgan fingerprint density at radius 3 is 2.76 bits per heavy atom. The SMILES string of the molecule is N#Cc1cc(NCCOCC(F)(F)F)nc2ccccc12. The number of pyridine rings is 1. The van der Waals surface area contributed by atoms with Gasteiger partial charge in [-0.1, -0.05) is 18.2 Å². The van der Waals surface area contributed by atoms with E-state index in [1.165, 1.54) is 0 Å². The van der Waals surface area contributed by atoms with Crippen LogP contribution >= 0.6 is 0 Å². The number of hydrogen-bond donors (Lipinski definition) is 1. The molecular weight excluding hydrogens is 283 g/mol. The van der Waals surface area contributed by atoms with Crippen LogP contribution in [0.15, 0.2) is 30.3 Å². The molecule has 2 rings (SSSR count). The summed E-state index contributed by atoms with van der Waals surface area (Å²) in [6.45, 7) is -1.20. The van der Waals surface area contributed by atoms with Crippen LogP contribution in [0.3, 0.4) is 0 Å². The lowest BCUT2D eigenvalue weighted by Crippen LogP contribution is -2.20. The van der Waals surface area contributed by atoms with Gasteiger partial charge in [0.1, 0.15) is 12.4 Å². The molecule has 4 nitrogen and oxygen atoms in total. The van der Waals surface area contributed by atoms with E-state index in [1.54, 1.807) is 24.3 Å². The van der Waals surface area contributed by atoms with E-state index >= 15 is 0 Å². The number of nitrogens with one attached hydrogen (secondary N) is 1. The third kappa shape index (κ3) is 4.33. The normalized spacial score (nSPS) is 11.3. The average Bonchev–Trinajstić information content (AvgIpc) is 2.44. The van der Waals surface area contributed by atoms with Gasteiger partial charge in [-0.2, -0.15) is 18.4 Å². The van der Waals surface area contributed by atoms with Crippen molar-refractivity contribution in [1.29, 1.82) is 5.26 Å². The maximum atomic E-state index is 11.9. The third-order valence-corrected chi connectivity index (χ3v) is 2.65. The highest BCUT2D eigenvalue weighted by molar-refractivity contribution is 5.86. The molecule has 0 amide bonds. The topological polar surface area (TPSA) is 57.9 Å². The van der Waals surface area contributed by atoms with Crippen molar-refractivity contribution in [3.63, 3.8) is 0 Å². The number of aromatic nitrogens is 1. The fraction of sp³-hybridized carbons (Fsp3) is 0.286. The Labute approximate surface area is 119 Å². The van der Waals surface area contributed by atoms with Crippen molar-refractivity contribution in [1.82, 2.24) is 4.98 Å². The maximum Gasteiger partial charge on any atom is 0.411 e. The zero-order chi connectivity index (χ0) is 15.3. The number of para-hydroxylation sites is 1. The van der Waals surface area contributed by atoms with Crippen LogP contribution in [0, 0.1) is 11.3 Å². The largest absolute Gasteiger partial charge is 0.411 e. The number of fused-ring (bicyclic) bond motifs is 1. The summed E-state index contributed by atoms with van der Waals surface area (Å²) in [5, 5.41) is 12.7. The molecule has 0 unspecified atom stereocenters. The van der Waals surface area contributed by atoms with Gasteiger partial charge in [-0.15, -0.1) is 0 Å². The minimum Gasteiger partial charge on any atom is -0.370 e. The molecule has 0 aliphatic rings. The Bertz CT molecular complexity index is 665. The van der Waals surface area contributed by atoms with Crippen LogP contribution in [0.5, 0.6) is 0 Å². The first-order chi connectivity index (χ1) is 9.99. The van der Waals surface area contributed by atoms with Gasteiger partial charge in [0.25, 0.3) is 0 Å². The molecule has 21 heavy (non-hydrogen) atoms. The highest BCUT2D eigenvalue weighted by atomic mass is 19.4. The smallest absolute Gasteiger partial charge is 0.370 e. The Morgan fingerprint density at radius 2 is 2.05 bits per heavy atom. The molecular formula is C14H12F3N3O. The number of halogens is 3. The Kier molecular flexibility index (Phi) is 4.60. The minimum atomic E-state index is -4.32. The molecule has 1 aromatic carbocycles. The molecule has 1 heterocycles. The molecule has 7 heteroatoms. The summed E-state index contributed by atoms with van der Waals surface area (Å²) in [4.78, 5) is 4.29. The van der Waals surface area contributed by atoms with E-state index in [2.05, 4.69) is 21.1 Å². The van der Waals surface area contributed by atoms with Gasteiger partial charge in [0.2, 0.25) is 0 Å². The Balaban J connectivity index is 1.98. The molecule has 0 aliphatic carbocycles. The van der Waals surface area contributed by atoms with Gasteiger partial charge in [-0.3, -0.25) is 0 Å². The lowest BCUT2D eigenvalue weighted by atomic mass is 10.1. The van der Waals surface area contributed by atoms with Crippen molar-refractivity contribution >= 4 is 16.7 Å². The van der Waals surface area contributed by atoms with E-state index in [-0.39, 0.29) is 13.2 Å². The highest BCUT2D eigenvalue weighted by Crippen LogP contribution is 2.20. The van der Waals surface area contributed by atoms with Crippen LogP contribution in [0.25, 0.3) is 10.9 Å².